The van der Waals surface area contributed by atoms with Crippen LogP contribution in [0.4, 0.5) is 5.00 Å². The molecule has 0 bridgehead atoms. The summed E-state index contributed by atoms with van der Waals surface area (Å²) < 4.78 is 0.703. The van der Waals surface area contributed by atoms with Gasteiger partial charge >= 0.3 is 0 Å². The van der Waals surface area contributed by atoms with Crippen molar-refractivity contribution in [2.45, 2.75) is 19.3 Å². The largest absolute Gasteiger partial charge is 0.318 e. The quantitative estimate of drug-likeness (QED) is 0.875. The second-order valence-electron chi connectivity index (χ2n) is 4.07. The summed E-state index contributed by atoms with van der Waals surface area (Å²) in [6.07, 6.45) is 2.91. The fourth-order valence-electron chi connectivity index (χ4n) is 1.93. The summed E-state index contributed by atoms with van der Waals surface area (Å²) in [5.41, 5.74) is 0. The van der Waals surface area contributed by atoms with Gasteiger partial charge in [0.25, 0.3) is 0 Å². The second kappa shape index (κ2) is 5.66. The van der Waals surface area contributed by atoms with Crippen molar-refractivity contribution in [2.75, 3.05) is 18.4 Å². The number of piperidine rings is 1. The van der Waals surface area contributed by atoms with Gasteiger partial charge in [-0.3, -0.25) is 4.79 Å². The summed E-state index contributed by atoms with van der Waals surface area (Å²) >= 11 is 7.19. The Balaban J connectivity index is 1.79. The van der Waals surface area contributed by atoms with E-state index >= 15 is 0 Å². The molecular weight excluding hydrogens is 244 g/mol. The molecule has 2 N–H and O–H groups in total. The van der Waals surface area contributed by atoms with Crippen LogP contribution >= 0.6 is 22.9 Å². The van der Waals surface area contributed by atoms with E-state index in [2.05, 4.69) is 10.6 Å². The third kappa shape index (κ3) is 3.47. The van der Waals surface area contributed by atoms with Crippen LogP contribution in [0.3, 0.4) is 0 Å². The van der Waals surface area contributed by atoms with Crippen LogP contribution in [-0.4, -0.2) is 19.0 Å². The lowest BCUT2D eigenvalue weighted by atomic mass is 9.96. The lowest BCUT2D eigenvalue weighted by Crippen LogP contribution is -2.32. The fourth-order valence-corrected chi connectivity index (χ4v) is 2.89. The number of hydrogen-bond acceptors (Lipinski definition) is 3. The lowest BCUT2D eigenvalue weighted by molar-refractivity contribution is -0.117. The molecule has 1 aliphatic heterocycles. The fraction of sp³-hybridized carbons (Fsp3) is 0.545. The number of carbonyl (C=O) groups is 1. The SMILES string of the molecule is O=C(CC1CCCNC1)Nc1ccc(Cl)s1. The number of nitrogens with one attached hydrogen (secondary N) is 2. The van der Waals surface area contributed by atoms with E-state index in [0.29, 0.717) is 16.7 Å². The highest BCUT2D eigenvalue weighted by Gasteiger charge is 2.16. The summed E-state index contributed by atoms with van der Waals surface area (Å²) in [5.74, 6) is 0.566. The average molecular weight is 259 g/mol. The first kappa shape index (κ1) is 11.9. The van der Waals surface area contributed by atoms with E-state index in [-0.39, 0.29) is 5.91 Å². The van der Waals surface area contributed by atoms with Gasteiger partial charge in [-0.25, -0.2) is 0 Å². The highest BCUT2D eigenvalue weighted by molar-refractivity contribution is 7.20. The molecule has 3 nitrogen and oxygen atoms in total. The monoisotopic (exact) mass is 258 g/mol. The topological polar surface area (TPSA) is 41.1 Å². The molecule has 0 spiro atoms. The molecule has 2 rings (SSSR count). The summed E-state index contributed by atoms with van der Waals surface area (Å²) in [5, 5.41) is 7.02. The molecule has 1 aliphatic rings. The van der Waals surface area contributed by atoms with Crippen LogP contribution in [0.1, 0.15) is 19.3 Å². The van der Waals surface area contributed by atoms with Gasteiger partial charge in [-0.05, 0) is 44.0 Å². The van der Waals surface area contributed by atoms with E-state index in [1.807, 2.05) is 6.07 Å². The van der Waals surface area contributed by atoms with E-state index in [9.17, 15) is 4.79 Å². The maximum absolute atomic E-state index is 11.7. The zero-order valence-corrected chi connectivity index (χ0v) is 10.5. The first-order valence-electron chi connectivity index (χ1n) is 5.50. The molecule has 0 aromatic carbocycles. The van der Waals surface area contributed by atoms with Crippen molar-refractivity contribution in [3.63, 3.8) is 0 Å². The molecule has 1 aromatic heterocycles. The van der Waals surface area contributed by atoms with Crippen molar-refractivity contribution >= 4 is 33.8 Å². The lowest BCUT2D eigenvalue weighted by Gasteiger charge is -2.21. The van der Waals surface area contributed by atoms with Crippen molar-refractivity contribution in [3.8, 4) is 0 Å². The Hall–Kier alpha value is -0.580. The van der Waals surface area contributed by atoms with Gasteiger partial charge in [-0.15, -0.1) is 11.3 Å². The predicted octanol–water partition coefficient (Wildman–Crippen LogP) is 2.73. The first-order valence-corrected chi connectivity index (χ1v) is 6.69. The molecule has 5 heteroatoms. The van der Waals surface area contributed by atoms with E-state index in [4.69, 9.17) is 11.6 Å². The minimum atomic E-state index is 0.0900. The number of carbonyl (C=O) groups excluding carboxylic acids is 1. The molecule has 1 amide bonds. The molecule has 1 saturated heterocycles. The Labute approximate surface area is 104 Å². The number of hydrogen-bond donors (Lipinski definition) is 2. The molecule has 0 saturated carbocycles. The summed E-state index contributed by atoms with van der Waals surface area (Å²) in [6.45, 7) is 2.04. The van der Waals surface area contributed by atoms with Gasteiger partial charge in [0, 0.05) is 6.42 Å². The maximum atomic E-state index is 11.7. The van der Waals surface area contributed by atoms with Crippen LogP contribution in [0, 0.1) is 5.92 Å². The zero-order chi connectivity index (χ0) is 11.4. The van der Waals surface area contributed by atoms with E-state index in [0.717, 1.165) is 24.5 Å². The number of halogens is 1. The first-order chi connectivity index (χ1) is 7.74. The van der Waals surface area contributed by atoms with Crippen LogP contribution < -0.4 is 10.6 Å². The van der Waals surface area contributed by atoms with E-state index < -0.39 is 0 Å². The van der Waals surface area contributed by atoms with Gasteiger partial charge in [0.05, 0.1) is 9.34 Å². The van der Waals surface area contributed by atoms with Crippen molar-refractivity contribution in [2.24, 2.45) is 5.92 Å². The molecule has 88 valence electrons. The van der Waals surface area contributed by atoms with Gasteiger partial charge in [-0.1, -0.05) is 11.6 Å². The van der Waals surface area contributed by atoms with Crippen molar-refractivity contribution in [1.82, 2.24) is 5.32 Å². The Kier molecular flexibility index (Phi) is 4.21. The van der Waals surface area contributed by atoms with Crippen molar-refractivity contribution < 1.29 is 4.79 Å². The number of anilines is 1. The van der Waals surface area contributed by atoms with Gasteiger partial charge < -0.3 is 10.6 Å². The van der Waals surface area contributed by atoms with Gasteiger partial charge in [0.15, 0.2) is 0 Å². The van der Waals surface area contributed by atoms with Crippen molar-refractivity contribution in [3.05, 3.63) is 16.5 Å². The number of thiophene rings is 1. The molecular formula is C11H15ClN2OS. The average Bonchev–Trinajstić information content (AvgIpc) is 2.65. The van der Waals surface area contributed by atoms with Gasteiger partial charge in [-0.2, -0.15) is 0 Å². The third-order valence-corrected chi connectivity index (χ3v) is 3.86. The summed E-state index contributed by atoms with van der Waals surface area (Å²) in [7, 11) is 0. The van der Waals surface area contributed by atoms with Crippen molar-refractivity contribution in [1.29, 1.82) is 0 Å². The zero-order valence-electron chi connectivity index (χ0n) is 8.96. The molecule has 0 aliphatic carbocycles. The molecule has 1 unspecified atom stereocenters. The van der Waals surface area contributed by atoms with E-state index in [1.54, 1.807) is 6.07 Å². The molecule has 2 heterocycles. The van der Waals surface area contributed by atoms with Gasteiger partial charge in [0.2, 0.25) is 5.91 Å². The molecule has 1 atom stereocenters. The Morgan fingerprint density at radius 2 is 2.50 bits per heavy atom. The predicted molar refractivity (Wildman–Crippen MR) is 68.2 cm³/mol. The van der Waals surface area contributed by atoms with E-state index in [1.165, 1.54) is 17.8 Å². The Morgan fingerprint density at radius 1 is 1.62 bits per heavy atom. The molecule has 1 aromatic rings. The highest BCUT2D eigenvalue weighted by Crippen LogP contribution is 2.26. The summed E-state index contributed by atoms with van der Waals surface area (Å²) in [4.78, 5) is 11.7. The van der Waals surface area contributed by atoms with Crippen LogP contribution in [0.15, 0.2) is 12.1 Å². The van der Waals surface area contributed by atoms with Gasteiger partial charge in [0.1, 0.15) is 0 Å². The second-order valence-corrected chi connectivity index (χ2v) is 5.78. The van der Waals surface area contributed by atoms with Crippen LogP contribution in [-0.2, 0) is 4.79 Å². The molecule has 0 radical (unpaired) electrons. The standard InChI is InChI=1S/C11H15ClN2OS/c12-9-3-4-11(16-9)14-10(15)6-8-2-1-5-13-7-8/h3-4,8,13H,1-2,5-7H2,(H,14,15). The Morgan fingerprint density at radius 3 is 3.12 bits per heavy atom. The van der Waals surface area contributed by atoms with Crippen LogP contribution in [0.2, 0.25) is 4.34 Å². The molecule has 16 heavy (non-hydrogen) atoms. The normalized spacial score (nSPS) is 20.7. The summed E-state index contributed by atoms with van der Waals surface area (Å²) in [6, 6.07) is 3.63. The highest BCUT2D eigenvalue weighted by atomic mass is 35.5. The van der Waals surface area contributed by atoms with Crippen LogP contribution in [0.5, 0.6) is 0 Å². The number of rotatable bonds is 3. The maximum Gasteiger partial charge on any atom is 0.225 e. The third-order valence-electron chi connectivity index (χ3n) is 2.71. The minimum Gasteiger partial charge on any atom is -0.318 e. The van der Waals surface area contributed by atoms with Crippen LogP contribution in [0.25, 0.3) is 0 Å². The minimum absolute atomic E-state index is 0.0900. The number of amides is 1. The molecule has 1 fully saturated rings. The smallest absolute Gasteiger partial charge is 0.225 e. The Bertz CT molecular complexity index is 361.